The van der Waals surface area contributed by atoms with Crippen LogP contribution in [0.3, 0.4) is 0 Å². The van der Waals surface area contributed by atoms with E-state index in [-0.39, 0.29) is 0 Å². The first-order valence-electron chi connectivity index (χ1n) is 8.62. The molecule has 3 unspecified atom stereocenters. The van der Waals surface area contributed by atoms with Crippen molar-refractivity contribution >= 4 is 0 Å². The van der Waals surface area contributed by atoms with Crippen LogP contribution in [0, 0.1) is 17.8 Å². The largest absolute Gasteiger partial charge is 0.317 e. The fourth-order valence-electron chi connectivity index (χ4n) is 4.28. The van der Waals surface area contributed by atoms with E-state index in [2.05, 4.69) is 43.2 Å². The van der Waals surface area contributed by atoms with Crippen molar-refractivity contribution in [3.63, 3.8) is 0 Å². The van der Waals surface area contributed by atoms with Gasteiger partial charge in [0.15, 0.2) is 0 Å². The molecule has 0 aromatic heterocycles. The third-order valence-corrected chi connectivity index (χ3v) is 5.44. The average molecular weight is 281 g/mol. The quantitative estimate of drug-likeness (QED) is 0.834. The first kappa shape index (κ1) is 16.3. The summed E-state index contributed by atoms with van der Waals surface area (Å²) in [5.74, 6) is 2.72. The number of hydrogen-bond donors (Lipinski definition) is 1. The maximum absolute atomic E-state index is 3.57. The van der Waals surface area contributed by atoms with Crippen LogP contribution in [0.15, 0.2) is 0 Å². The molecule has 2 fully saturated rings. The van der Waals surface area contributed by atoms with Crippen molar-refractivity contribution in [2.24, 2.45) is 17.8 Å². The maximum atomic E-state index is 3.57. The van der Waals surface area contributed by atoms with Gasteiger partial charge >= 0.3 is 0 Å². The van der Waals surface area contributed by atoms with Crippen molar-refractivity contribution in [3.8, 4) is 0 Å². The van der Waals surface area contributed by atoms with E-state index in [9.17, 15) is 0 Å². The van der Waals surface area contributed by atoms with Crippen LogP contribution in [-0.2, 0) is 0 Å². The van der Waals surface area contributed by atoms with Gasteiger partial charge in [0.05, 0.1) is 0 Å². The lowest BCUT2D eigenvalue weighted by atomic mass is 9.78. The lowest BCUT2D eigenvalue weighted by Gasteiger charge is -2.40. The van der Waals surface area contributed by atoms with Gasteiger partial charge in [-0.1, -0.05) is 6.92 Å². The second kappa shape index (κ2) is 7.77. The van der Waals surface area contributed by atoms with Crippen LogP contribution in [0.4, 0.5) is 0 Å². The molecule has 0 spiro atoms. The number of nitrogens with zero attached hydrogens (tertiary/aromatic N) is 2. The van der Waals surface area contributed by atoms with E-state index in [4.69, 9.17) is 0 Å². The Morgan fingerprint density at radius 2 is 1.80 bits per heavy atom. The second-order valence-electron chi connectivity index (χ2n) is 7.58. The highest BCUT2D eigenvalue weighted by Gasteiger charge is 2.30. The first-order valence-corrected chi connectivity index (χ1v) is 8.62. The van der Waals surface area contributed by atoms with Crippen molar-refractivity contribution in [1.82, 2.24) is 15.1 Å². The standard InChI is InChI=1S/C17H35N3/c1-14-5-6-17(18-2)16(11-14)13-20-9-7-15(8-10-20)12-19(3)4/h14-18H,5-13H2,1-4H3. The van der Waals surface area contributed by atoms with Gasteiger partial charge in [-0.05, 0) is 84.1 Å². The fourth-order valence-corrected chi connectivity index (χ4v) is 4.28. The number of likely N-dealkylation sites (tertiary alicyclic amines) is 1. The zero-order valence-electron chi connectivity index (χ0n) is 14.1. The van der Waals surface area contributed by atoms with Crippen molar-refractivity contribution in [3.05, 3.63) is 0 Å². The summed E-state index contributed by atoms with van der Waals surface area (Å²) in [6.45, 7) is 7.67. The van der Waals surface area contributed by atoms with Gasteiger partial charge in [0.25, 0.3) is 0 Å². The van der Waals surface area contributed by atoms with Gasteiger partial charge in [-0.3, -0.25) is 0 Å². The predicted octanol–water partition coefficient (Wildman–Crippen LogP) is 2.28. The molecule has 1 saturated heterocycles. The lowest BCUT2D eigenvalue weighted by Crippen LogP contribution is -2.46. The summed E-state index contributed by atoms with van der Waals surface area (Å²) in [6, 6.07) is 0.755. The molecule has 118 valence electrons. The maximum Gasteiger partial charge on any atom is 0.0105 e. The zero-order chi connectivity index (χ0) is 14.5. The van der Waals surface area contributed by atoms with Crippen molar-refractivity contribution in [1.29, 1.82) is 0 Å². The van der Waals surface area contributed by atoms with E-state index >= 15 is 0 Å². The Kier molecular flexibility index (Phi) is 6.31. The summed E-state index contributed by atoms with van der Waals surface area (Å²) < 4.78 is 0. The number of nitrogens with one attached hydrogen (secondary N) is 1. The normalized spacial score (nSPS) is 33.8. The Morgan fingerprint density at radius 3 is 2.40 bits per heavy atom. The summed E-state index contributed by atoms with van der Waals surface area (Å²) in [5.41, 5.74) is 0. The molecule has 2 rings (SSSR count). The van der Waals surface area contributed by atoms with Crippen LogP contribution in [0.25, 0.3) is 0 Å². The molecular weight excluding hydrogens is 246 g/mol. The zero-order valence-corrected chi connectivity index (χ0v) is 14.1. The fraction of sp³-hybridized carbons (Fsp3) is 1.00. The molecule has 20 heavy (non-hydrogen) atoms. The van der Waals surface area contributed by atoms with Gasteiger partial charge in [0.1, 0.15) is 0 Å². The summed E-state index contributed by atoms with van der Waals surface area (Å²) >= 11 is 0. The summed E-state index contributed by atoms with van der Waals surface area (Å²) in [5, 5.41) is 3.57. The van der Waals surface area contributed by atoms with E-state index in [1.54, 1.807) is 0 Å². The Hall–Kier alpha value is -0.120. The van der Waals surface area contributed by atoms with E-state index in [1.807, 2.05) is 0 Å². The molecule has 0 aromatic rings. The van der Waals surface area contributed by atoms with Crippen LogP contribution in [-0.4, -0.2) is 63.2 Å². The molecule has 1 aliphatic heterocycles. The van der Waals surface area contributed by atoms with Crippen molar-refractivity contribution < 1.29 is 0 Å². The minimum atomic E-state index is 0.755. The highest BCUT2D eigenvalue weighted by atomic mass is 15.1. The van der Waals surface area contributed by atoms with E-state index in [1.165, 1.54) is 58.3 Å². The molecule has 0 bridgehead atoms. The third kappa shape index (κ3) is 4.71. The Labute approximate surface area is 126 Å². The van der Waals surface area contributed by atoms with E-state index in [0.717, 1.165) is 23.8 Å². The molecule has 0 radical (unpaired) electrons. The molecule has 3 nitrogen and oxygen atoms in total. The minimum Gasteiger partial charge on any atom is -0.317 e. The SMILES string of the molecule is CNC1CCC(C)CC1CN1CCC(CN(C)C)CC1. The van der Waals surface area contributed by atoms with Crippen LogP contribution in [0.1, 0.15) is 39.0 Å². The third-order valence-electron chi connectivity index (χ3n) is 5.44. The highest BCUT2D eigenvalue weighted by Crippen LogP contribution is 2.30. The smallest absolute Gasteiger partial charge is 0.0105 e. The van der Waals surface area contributed by atoms with E-state index in [0.29, 0.717) is 0 Å². The van der Waals surface area contributed by atoms with Gasteiger partial charge in [0, 0.05) is 19.1 Å². The molecule has 3 atom stereocenters. The Morgan fingerprint density at radius 1 is 1.10 bits per heavy atom. The van der Waals surface area contributed by atoms with Gasteiger partial charge in [-0.15, -0.1) is 0 Å². The average Bonchev–Trinajstić information content (AvgIpc) is 2.41. The van der Waals surface area contributed by atoms with Crippen molar-refractivity contribution in [2.45, 2.75) is 45.1 Å². The van der Waals surface area contributed by atoms with Crippen LogP contribution < -0.4 is 5.32 Å². The minimum absolute atomic E-state index is 0.755. The predicted molar refractivity (Wildman–Crippen MR) is 87.1 cm³/mol. The topological polar surface area (TPSA) is 18.5 Å². The van der Waals surface area contributed by atoms with Crippen LogP contribution in [0.5, 0.6) is 0 Å². The molecule has 0 aromatic carbocycles. The molecule has 1 N–H and O–H groups in total. The van der Waals surface area contributed by atoms with Crippen LogP contribution >= 0.6 is 0 Å². The number of piperidine rings is 1. The van der Waals surface area contributed by atoms with Gasteiger partial charge in [-0.25, -0.2) is 0 Å². The highest BCUT2D eigenvalue weighted by molar-refractivity contribution is 4.86. The number of rotatable bonds is 5. The summed E-state index contributed by atoms with van der Waals surface area (Å²) in [6.07, 6.45) is 6.99. The molecular formula is C17H35N3. The molecule has 1 heterocycles. The first-order chi connectivity index (χ1) is 9.58. The molecule has 3 heteroatoms. The molecule has 1 saturated carbocycles. The lowest BCUT2D eigenvalue weighted by molar-refractivity contribution is 0.109. The van der Waals surface area contributed by atoms with Gasteiger partial charge in [-0.2, -0.15) is 0 Å². The number of hydrogen-bond acceptors (Lipinski definition) is 3. The molecule has 2 aliphatic rings. The molecule has 0 amide bonds. The second-order valence-corrected chi connectivity index (χ2v) is 7.58. The van der Waals surface area contributed by atoms with Gasteiger partial charge in [0.2, 0.25) is 0 Å². The Bertz CT molecular complexity index is 271. The summed E-state index contributed by atoms with van der Waals surface area (Å²) in [7, 11) is 6.55. The monoisotopic (exact) mass is 281 g/mol. The van der Waals surface area contributed by atoms with E-state index < -0.39 is 0 Å². The van der Waals surface area contributed by atoms with Gasteiger partial charge < -0.3 is 15.1 Å². The van der Waals surface area contributed by atoms with Crippen LogP contribution in [0.2, 0.25) is 0 Å². The summed E-state index contributed by atoms with van der Waals surface area (Å²) in [4.78, 5) is 5.08. The van der Waals surface area contributed by atoms with Crippen molar-refractivity contribution in [2.75, 3.05) is 47.3 Å². The molecule has 1 aliphatic carbocycles. The Balaban J connectivity index is 1.76.